The molecular weight excluding hydrogens is 369 g/mol. The van der Waals surface area contributed by atoms with Gasteiger partial charge in [-0.15, -0.1) is 0 Å². The minimum atomic E-state index is -3.52. The van der Waals surface area contributed by atoms with Gasteiger partial charge in [0.15, 0.2) is 11.6 Å². The second-order valence-corrected chi connectivity index (χ2v) is 8.42. The van der Waals surface area contributed by atoms with Crippen LogP contribution >= 0.6 is 7.60 Å². The summed E-state index contributed by atoms with van der Waals surface area (Å²) in [4.78, 5) is 46.7. The van der Waals surface area contributed by atoms with Crippen molar-refractivity contribution >= 4 is 25.1 Å². The van der Waals surface area contributed by atoms with E-state index in [4.69, 9.17) is 9.42 Å². The number of rotatable bonds is 6. The minimum Gasteiger partial charge on any atom is -0.352 e. The van der Waals surface area contributed by atoms with Gasteiger partial charge in [0.05, 0.1) is 18.4 Å². The molecule has 27 heavy (non-hydrogen) atoms. The lowest BCUT2D eigenvalue weighted by molar-refractivity contribution is -0.117. The highest BCUT2D eigenvalue weighted by molar-refractivity contribution is 7.51. The van der Waals surface area contributed by atoms with Crippen molar-refractivity contribution in [2.75, 3.05) is 19.8 Å². The van der Waals surface area contributed by atoms with Crippen molar-refractivity contribution < 1.29 is 28.4 Å². The van der Waals surface area contributed by atoms with Crippen molar-refractivity contribution in [2.24, 2.45) is 11.8 Å². The molecule has 1 amide bonds. The molecule has 2 N–H and O–H groups in total. The summed E-state index contributed by atoms with van der Waals surface area (Å²) in [6.07, 6.45) is 5.08. The predicted molar refractivity (Wildman–Crippen MR) is 98.6 cm³/mol. The molecule has 142 valence electrons. The van der Waals surface area contributed by atoms with E-state index in [9.17, 15) is 18.9 Å². The van der Waals surface area contributed by atoms with E-state index in [1.54, 1.807) is 42.5 Å². The van der Waals surface area contributed by atoms with E-state index < -0.39 is 19.4 Å². The van der Waals surface area contributed by atoms with Crippen LogP contribution in [0.15, 0.2) is 48.1 Å². The van der Waals surface area contributed by atoms with Crippen molar-refractivity contribution in [2.45, 2.75) is 6.42 Å². The Kier molecular flexibility index (Phi) is 5.56. The Balaban J connectivity index is 1.65. The predicted octanol–water partition coefficient (Wildman–Crippen LogP) is 2.13. The van der Waals surface area contributed by atoms with Gasteiger partial charge in [-0.05, 0) is 6.42 Å². The van der Waals surface area contributed by atoms with Crippen LogP contribution in [0.25, 0.3) is 0 Å². The molecule has 2 aliphatic rings. The molecule has 2 aliphatic carbocycles. The molecule has 0 bridgehead atoms. The Labute approximate surface area is 156 Å². The van der Waals surface area contributed by atoms with Crippen LogP contribution in [0.3, 0.4) is 0 Å². The summed E-state index contributed by atoms with van der Waals surface area (Å²) in [5.41, 5.74) is 1.13. The van der Waals surface area contributed by atoms with Gasteiger partial charge >= 0.3 is 7.60 Å². The summed E-state index contributed by atoms with van der Waals surface area (Å²) in [5.74, 6) is -1.91. The first-order chi connectivity index (χ1) is 12.8. The lowest BCUT2D eigenvalue weighted by Crippen LogP contribution is -2.37. The lowest BCUT2D eigenvalue weighted by Gasteiger charge is -2.29. The number of ketones is 2. The average Bonchev–Trinajstić information content (AvgIpc) is 2.64. The molecule has 0 heterocycles. The average molecular weight is 389 g/mol. The highest BCUT2D eigenvalue weighted by Crippen LogP contribution is 2.36. The van der Waals surface area contributed by atoms with E-state index in [0.717, 1.165) is 6.66 Å². The van der Waals surface area contributed by atoms with Crippen molar-refractivity contribution in [3.63, 3.8) is 0 Å². The first kappa shape index (κ1) is 19.4. The van der Waals surface area contributed by atoms with E-state index in [1.807, 2.05) is 0 Å². The van der Waals surface area contributed by atoms with Gasteiger partial charge in [0, 0.05) is 29.9 Å². The molecule has 8 heteroatoms. The zero-order valence-electron chi connectivity index (χ0n) is 14.8. The number of benzene rings is 1. The minimum absolute atomic E-state index is 0.0495. The second-order valence-electron chi connectivity index (χ2n) is 6.55. The summed E-state index contributed by atoms with van der Waals surface area (Å²) >= 11 is 0. The van der Waals surface area contributed by atoms with E-state index in [2.05, 4.69) is 5.32 Å². The molecule has 3 unspecified atom stereocenters. The van der Waals surface area contributed by atoms with E-state index in [1.165, 1.54) is 0 Å². The zero-order valence-corrected chi connectivity index (χ0v) is 15.6. The fraction of sp³-hybridized carbons (Fsp3) is 0.316. The van der Waals surface area contributed by atoms with Crippen LogP contribution in [0.5, 0.6) is 0 Å². The van der Waals surface area contributed by atoms with Crippen LogP contribution in [0.1, 0.15) is 27.1 Å². The van der Waals surface area contributed by atoms with E-state index in [0.29, 0.717) is 23.1 Å². The molecule has 1 aromatic carbocycles. The van der Waals surface area contributed by atoms with Crippen LogP contribution in [-0.2, 0) is 13.9 Å². The molecule has 0 aliphatic heterocycles. The Bertz CT molecular complexity index is 897. The SMILES string of the molecule is CP(=O)(O)OCCCNC(=O)C1=CC2C(=O)c3ccccc3C(=O)C2C=C1. The lowest BCUT2D eigenvalue weighted by atomic mass is 9.71. The maximum atomic E-state index is 12.7. The summed E-state index contributed by atoms with van der Waals surface area (Å²) < 4.78 is 15.7. The second kappa shape index (κ2) is 7.72. The number of hydrogen-bond acceptors (Lipinski definition) is 5. The third kappa shape index (κ3) is 4.33. The smallest absolute Gasteiger partial charge is 0.325 e. The van der Waals surface area contributed by atoms with Crippen molar-refractivity contribution in [1.29, 1.82) is 0 Å². The fourth-order valence-electron chi connectivity index (χ4n) is 3.20. The molecule has 1 aromatic rings. The maximum Gasteiger partial charge on any atom is 0.325 e. The van der Waals surface area contributed by atoms with Crippen molar-refractivity contribution in [1.82, 2.24) is 5.32 Å². The molecule has 0 radical (unpaired) electrons. The van der Waals surface area contributed by atoms with Crippen LogP contribution in [0.4, 0.5) is 0 Å². The van der Waals surface area contributed by atoms with Gasteiger partial charge < -0.3 is 14.7 Å². The largest absolute Gasteiger partial charge is 0.352 e. The highest BCUT2D eigenvalue weighted by atomic mass is 31.2. The Morgan fingerprint density at radius 2 is 1.81 bits per heavy atom. The zero-order chi connectivity index (χ0) is 19.6. The van der Waals surface area contributed by atoms with Gasteiger partial charge in [-0.3, -0.25) is 18.9 Å². The number of nitrogens with one attached hydrogen (secondary N) is 1. The summed E-state index contributed by atoms with van der Waals surface area (Å²) in [6.45, 7) is 1.40. The van der Waals surface area contributed by atoms with Crippen LogP contribution < -0.4 is 5.32 Å². The summed E-state index contributed by atoms with van der Waals surface area (Å²) in [6, 6.07) is 6.72. The standard InChI is InChI=1S/C19H20NO6P/c1-27(24,25)26-10-4-9-20-19(23)12-7-8-15-16(11-12)18(22)14-6-3-2-5-13(14)17(15)21/h2-3,5-8,11,15-16H,4,9-10H2,1H3,(H,20,23)(H,24,25). The topological polar surface area (TPSA) is 110 Å². The number of hydrogen-bond donors (Lipinski definition) is 2. The molecule has 3 atom stereocenters. The van der Waals surface area contributed by atoms with Crippen LogP contribution in [0, 0.1) is 11.8 Å². The van der Waals surface area contributed by atoms with Gasteiger partial charge in [0.2, 0.25) is 0 Å². The fourth-order valence-corrected chi connectivity index (χ4v) is 3.67. The van der Waals surface area contributed by atoms with Gasteiger partial charge in [-0.1, -0.05) is 42.5 Å². The normalized spacial score (nSPS) is 23.1. The number of allylic oxidation sites excluding steroid dienone is 2. The van der Waals surface area contributed by atoms with Crippen molar-refractivity contribution in [3.8, 4) is 0 Å². The van der Waals surface area contributed by atoms with Crippen LogP contribution in [0.2, 0.25) is 0 Å². The summed E-state index contributed by atoms with van der Waals surface area (Å²) in [5, 5.41) is 2.67. The molecular formula is C19H20NO6P. The van der Waals surface area contributed by atoms with Gasteiger partial charge in [-0.25, -0.2) is 0 Å². The Hall–Kier alpha value is -2.34. The third-order valence-corrected chi connectivity index (χ3v) is 5.15. The number of carbonyl (C=O) groups is 3. The quantitative estimate of drug-likeness (QED) is 0.570. The molecule has 0 saturated heterocycles. The number of Topliss-reactive ketones (excluding diaryl/α,β-unsaturated/α-hetero) is 2. The Morgan fingerprint density at radius 3 is 2.44 bits per heavy atom. The molecule has 0 aromatic heterocycles. The maximum absolute atomic E-state index is 12.7. The third-order valence-electron chi connectivity index (χ3n) is 4.49. The molecule has 3 rings (SSSR count). The number of fused-ring (bicyclic) bond motifs is 2. The number of amides is 1. The monoisotopic (exact) mass is 389 g/mol. The van der Waals surface area contributed by atoms with E-state index in [-0.39, 0.29) is 30.6 Å². The first-order valence-corrected chi connectivity index (χ1v) is 10.6. The van der Waals surface area contributed by atoms with Gasteiger partial charge in [0.25, 0.3) is 5.91 Å². The van der Waals surface area contributed by atoms with Gasteiger partial charge in [-0.2, -0.15) is 0 Å². The van der Waals surface area contributed by atoms with Crippen molar-refractivity contribution in [3.05, 3.63) is 59.2 Å². The number of carbonyl (C=O) groups excluding carboxylic acids is 3. The first-order valence-electron chi connectivity index (χ1n) is 8.58. The molecule has 0 fully saturated rings. The Morgan fingerprint density at radius 1 is 1.19 bits per heavy atom. The highest BCUT2D eigenvalue weighted by Gasteiger charge is 2.40. The van der Waals surface area contributed by atoms with Crippen LogP contribution in [-0.4, -0.2) is 42.2 Å². The molecule has 7 nitrogen and oxygen atoms in total. The molecule has 0 spiro atoms. The summed E-state index contributed by atoms with van der Waals surface area (Å²) in [7, 11) is -3.52. The van der Waals surface area contributed by atoms with E-state index >= 15 is 0 Å². The molecule has 0 saturated carbocycles. The van der Waals surface area contributed by atoms with Gasteiger partial charge in [0.1, 0.15) is 0 Å².